The van der Waals surface area contributed by atoms with E-state index in [0.29, 0.717) is 12.2 Å². The molecule has 2 N–H and O–H groups in total. The normalized spacial score (nSPS) is 19.1. The molecule has 2 amide bonds. The number of carbonyl (C=O) groups is 2. The number of piperazine rings is 1. The summed E-state index contributed by atoms with van der Waals surface area (Å²) < 4.78 is 13.5. The number of rotatable bonds is 4. The van der Waals surface area contributed by atoms with Gasteiger partial charge in [-0.2, -0.15) is 0 Å². The van der Waals surface area contributed by atoms with Crippen molar-refractivity contribution in [2.45, 2.75) is 39.4 Å². The maximum absolute atomic E-state index is 13.5. The van der Waals surface area contributed by atoms with E-state index >= 15 is 0 Å². The number of hydrogen-bond donors (Lipinski definition) is 2. The molecule has 1 heterocycles. The lowest BCUT2D eigenvalue weighted by molar-refractivity contribution is -0.132. The zero-order chi connectivity index (χ0) is 15.6. The molecule has 0 radical (unpaired) electrons. The largest absolute Gasteiger partial charge is 0.350 e. The molecule has 1 unspecified atom stereocenters. The Morgan fingerprint density at radius 2 is 2.14 bits per heavy atom. The molecule has 1 fully saturated rings. The van der Waals surface area contributed by atoms with E-state index in [0.717, 1.165) is 5.56 Å². The monoisotopic (exact) mass is 293 g/mol. The Balaban J connectivity index is 2.33. The van der Waals surface area contributed by atoms with Crippen LogP contribution in [-0.2, 0) is 16.1 Å². The molecule has 1 aromatic rings. The fourth-order valence-corrected chi connectivity index (χ4v) is 2.30. The number of anilines is 1. The number of nitrogens with one attached hydrogen (secondary N) is 2. The van der Waals surface area contributed by atoms with E-state index in [1.54, 1.807) is 17.9 Å². The summed E-state index contributed by atoms with van der Waals surface area (Å²) in [6.45, 7) is 6.29. The van der Waals surface area contributed by atoms with E-state index in [-0.39, 0.29) is 30.2 Å². The second-order valence-corrected chi connectivity index (χ2v) is 5.52. The number of imide groups is 1. The number of halogens is 1. The van der Waals surface area contributed by atoms with Crippen LogP contribution in [0.2, 0.25) is 0 Å². The standard InChI is InChI=1S/C15H20FN3O2/c1-9(2)17-7-11-6-12(16)4-5-13(11)19-8-14(20)18-15(21)10(19)3/h4-6,9-10,17H,7-8H2,1-3H3,(H,18,20,21). The highest BCUT2D eigenvalue weighted by Gasteiger charge is 2.31. The Bertz CT molecular complexity index is 560. The number of benzene rings is 1. The van der Waals surface area contributed by atoms with Gasteiger partial charge in [0.25, 0.3) is 0 Å². The Kier molecular flexibility index (Phi) is 4.57. The van der Waals surface area contributed by atoms with Crippen LogP contribution in [-0.4, -0.2) is 30.4 Å². The van der Waals surface area contributed by atoms with Crippen molar-refractivity contribution in [2.24, 2.45) is 0 Å². The van der Waals surface area contributed by atoms with Crippen molar-refractivity contribution < 1.29 is 14.0 Å². The zero-order valence-electron chi connectivity index (χ0n) is 12.4. The SMILES string of the molecule is CC(C)NCc1cc(F)ccc1N1CC(=O)NC(=O)C1C. The van der Waals surface area contributed by atoms with Gasteiger partial charge in [-0.1, -0.05) is 13.8 Å². The Morgan fingerprint density at radius 3 is 2.81 bits per heavy atom. The van der Waals surface area contributed by atoms with Crippen LogP contribution in [0, 0.1) is 5.82 Å². The van der Waals surface area contributed by atoms with E-state index in [1.807, 2.05) is 13.8 Å². The van der Waals surface area contributed by atoms with Crippen molar-refractivity contribution in [1.82, 2.24) is 10.6 Å². The molecule has 1 saturated heterocycles. The summed E-state index contributed by atoms with van der Waals surface area (Å²) in [6.07, 6.45) is 0. The molecule has 1 atom stereocenters. The first-order chi connectivity index (χ1) is 9.88. The highest BCUT2D eigenvalue weighted by molar-refractivity contribution is 6.04. The maximum atomic E-state index is 13.5. The lowest BCUT2D eigenvalue weighted by Gasteiger charge is -2.35. The molecule has 1 aliphatic heterocycles. The van der Waals surface area contributed by atoms with Gasteiger partial charge in [0, 0.05) is 18.3 Å². The predicted octanol–water partition coefficient (Wildman–Crippen LogP) is 1.18. The van der Waals surface area contributed by atoms with E-state index < -0.39 is 6.04 Å². The minimum absolute atomic E-state index is 0.0905. The van der Waals surface area contributed by atoms with Crippen LogP contribution in [0.3, 0.4) is 0 Å². The number of amides is 2. The first kappa shape index (κ1) is 15.4. The summed E-state index contributed by atoms with van der Waals surface area (Å²) in [4.78, 5) is 25.1. The van der Waals surface area contributed by atoms with E-state index in [4.69, 9.17) is 0 Å². The molecule has 5 nitrogen and oxygen atoms in total. The van der Waals surface area contributed by atoms with Crippen LogP contribution in [0.25, 0.3) is 0 Å². The van der Waals surface area contributed by atoms with Crippen LogP contribution in [0.5, 0.6) is 0 Å². The lowest BCUT2D eigenvalue weighted by atomic mass is 10.1. The van der Waals surface area contributed by atoms with Crippen molar-refractivity contribution in [1.29, 1.82) is 0 Å². The molecule has 0 aromatic heterocycles. The molecule has 114 valence electrons. The molecule has 1 aliphatic rings. The summed E-state index contributed by atoms with van der Waals surface area (Å²) in [7, 11) is 0. The van der Waals surface area contributed by atoms with Crippen LogP contribution in [0.1, 0.15) is 26.3 Å². The third-order valence-corrected chi connectivity index (χ3v) is 3.48. The zero-order valence-corrected chi connectivity index (χ0v) is 12.4. The van der Waals surface area contributed by atoms with Gasteiger partial charge in [-0.05, 0) is 30.7 Å². The van der Waals surface area contributed by atoms with Crippen LogP contribution < -0.4 is 15.5 Å². The highest BCUT2D eigenvalue weighted by Crippen LogP contribution is 2.25. The molecule has 6 heteroatoms. The van der Waals surface area contributed by atoms with Gasteiger partial charge in [0.1, 0.15) is 11.9 Å². The van der Waals surface area contributed by atoms with Crippen molar-refractivity contribution in [3.8, 4) is 0 Å². The van der Waals surface area contributed by atoms with Crippen molar-refractivity contribution >= 4 is 17.5 Å². The molecule has 21 heavy (non-hydrogen) atoms. The van der Waals surface area contributed by atoms with Gasteiger partial charge in [-0.15, -0.1) is 0 Å². The average Bonchev–Trinajstić information content (AvgIpc) is 2.41. The second-order valence-electron chi connectivity index (χ2n) is 5.52. The smallest absolute Gasteiger partial charge is 0.249 e. The summed E-state index contributed by atoms with van der Waals surface area (Å²) in [5.74, 6) is -1.01. The van der Waals surface area contributed by atoms with Gasteiger partial charge >= 0.3 is 0 Å². The minimum Gasteiger partial charge on any atom is -0.350 e. The number of nitrogens with zero attached hydrogens (tertiary/aromatic N) is 1. The third-order valence-electron chi connectivity index (χ3n) is 3.48. The predicted molar refractivity (Wildman–Crippen MR) is 78.3 cm³/mol. The van der Waals surface area contributed by atoms with Gasteiger partial charge in [-0.25, -0.2) is 4.39 Å². The topological polar surface area (TPSA) is 61.4 Å². The summed E-state index contributed by atoms with van der Waals surface area (Å²) in [6, 6.07) is 4.19. The Labute approximate surface area is 123 Å². The Morgan fingerprint density at radius 1 is 1.43 bits per heavy atom. The number of hydrogen-bond acceptors (Lipinski definition) is 4. The van der Waals surface area contributed by atoms with Crippen LogP contribution in [0.4, 0.5) is 10.1 Å². The van der Waals surface area contributed by atoms with Gasteiger partial charge in [0.05, 0.1) is 6.54 Å². The van der Waals surface area contributed by atoms with Gasteiger partial charge in [-0.3, -0.25) is 14.9 Å². The van der Waals surface area contributed by atoms with Crippen molar-refractivity contribution in [3.63, 3.8) is 0 Å². The second kappa shape index (κ2) is 6.22. The van der Waals surface area contributed by atoms with Crippen LogP contribution in [0.15, 0.2) is 18.2 Å². The van der Waals surface area contributed by atoms with E-state index in [9.17, 15) is 14.0 Å². The Hall–Kier alpha value is -1.95. The summed E-state index contributed by atoms with van der Waals surface area (Å²) in [5.41, 5.74) is 1.44. The fraction of sp³-hybridized carbons (Fsp3) is 0.467. The molecule has 0 aliphatic carbocycles. The molecule has 0 saturated carbocycles. The lowest BCUT2D eigenvalue weighted by Crippen LogP contribution is -2.57. The maximum Gasteiger partial charge on any atom is 0.249 e. The average molecular weight is 293 g/mol. The summed E-state index contributed by atoms with van der Waals surface area (Å²) >= 11 is 0. The molecule has 2 rings (SSSR count). The number of carbonyl (C=O) groups excluding carboxylic acids is 2. The summed E-state index contributed by atoms with van der Waals surface area (Å²) in [5, 5.41) is 5.53. The molecule has 0 spiro atoms. The quantitative estimate of drug-likeness (QED) is 0.818. The van der Waals surface area contributed by atoms with E-state index in [1.165, 1.54) is 12.1 Å². The first-order valence-corrected chi connectivity index (χ1v) is 7.00. The molecular weight excluding hydrogens is 273 g/mol. The van der Waals surface area contributed by atoms with Crippen LogP contribution >= 0.6 is 0 Å². The van der Waals surface area contributed by atoms with Crippen molar-refractivity contribution in [3.05, 3.63) is 29.6 Å². The highest BCUT2D eigenvalue weighted by atomic mass is 19.1. The van der Waals surface area contributed by atoms with E-state index in [2.05, 4.69) is 10.6 Å². The van der Waals surface area contributed by atoms with Crippen molar-refractivity contribution in [2.75, 3.05) is 11.4 Å². The van der Waals surface area contributed by atoms with Gasteiger partial charge in [0.2, 0.25) is 11.8 Å². The first-order valence-electron chi connectivity index (χ1n) is 7.00. The third kappa shape index (κ3) is 3.58. The molecule has 1 aromatic carbocycles. The fourth-order valence-electron chi connectivity index (χ4n) is 2.30. The molecule has 0 bridgehead atoms. The molecular formula is C15H20FN3O2. The van der Waals surface area contributed by atoms with Gasteiger partial charge in [0.15, 0.2) is 0 Å². The van der Waals surface area contributed by atoms with Gasteiger partial charge < -0.3 is 10.2 Å². The minimum atomic E-state index is -0.467.